The molecule has 19 heavy (non-hydrogen) atoms. The Morgan fingerprint density at radius 2 is 1.74 bits per heavy atom. The van der Waals surface area contributed by atoms with Gasteiger partial charge in [-0.3, -0.25) is 4.55 Å². The first-order valence-electron chi connectivity index (χ1n) is 4.85. The van der Waals surface area contributed by atoms with Crippen LogP contribution in [0.3, 0.4) is 0 Å². The van der Waals surface area contributed by atoms with Crippen LogP contribution < -0.4 is 0 Å². The number of hydrogen-bond acceptors (Lipinski definition) is 6. The Balaban J connectivity index is 4.07. The van der Waals surface area contributed by atoms with E-state index in [-0.39, 0.29) is 18.6 Å². The van der Waals surface area contributed by atoms with Gasteiger partial charge in [0.2, 0.25) is 0 Å². The first-order valence-corrected chi connectivity index (χ1v) is 6.29. The number of esters is 2. The van der Waals surface area contributed by atoms with E-state index in [2.05, 4.69) is 16.1 Å². The molecule has 0 aliphatic heterocycles. The molecule has 0 heterocycles. The minimum absolute atomic E-state index is 0.119. The van der Waals surface area contributed by atoms with E-state index in [0.29, 0.717) is 0 Å². The molecule has 0 aromatic heterocycles. The summed E-state index contributed by atoms with van der Waals surface area (Å²) in [6.07, 6.45) is -0.119. The summed E-state index contributed by atoms with van der Waals surface area (Å²) in [7, 11) is -5.87. The van der Waals surface area contributed by atoms with Crippen LogP contribution in [0.4, 0.5) is 8.78 Å². The summed E-state index contributed by atoms with van der Waals surface area (Å²) in [4.78, 5) is 21.6. The van der Waals surface area contributed by atoms with E-state index in [1.54, 1.807) is 0 Å². The van der Waals surface area contributed by atoms with Gasteiger partial charge in [-0.15, -0.1) is 0 Å². The Morgan fingerprint density at radius 3 is 2.16 bits per heavy atom. The van der Waals surface area contributed by atoms with Gasteiger partial charge in [0.05, 0.1) is 13.2 Å². The Hall–Kier alpha value is -1.55. The fraction of sp³-hybridized carbons (Fsp3) is 0.556. The lowest BCUT2D eigenvalue weighted by Crippen LogP contribution is -2.39. The zero-order valence-electron chi connectivity index (χ0n) is 9.89. The molecule has 10 heteroatoms. The highest BCUT2D eigenvalue weighted by atomic mass is 32.2. The lowest BCUT2D eigenvalue weighted by Gasteiger charge is -2.11. The maximum atomic E-state index is 12.7. The van der Waals surface area contributed by atoms with Gasteiger partial charge in [-0.25, -0.2) is 9.59 Å². The van der Waals surface area contributed by atoms with Gasteiger partial charge in [0.15, 0.2) is 0 Å². The molecule has 0 rings (SSSR count). The highest BCUT2D eigenvalue weighted by Crippen LogP contribution is 2.22. The first kappa shape index (κ1) is 17.4. The zero-order chi connectivity index (χ0) is 15.3. The number of carbonyl (C=O) groups is 2. The van der Waals surface area contributed by atoms with E-state index in [0.717, 1.165) is 0 Å². The van der Waals surface area contributed by atoms with E-state index in [9.17, 15) is 26.8 Å². The molecule has 0 aromatic carbocycles. The maximum absolute atomic E-state index is 12.7. The van der Waals surface area contributed by atoms with Crippen molar-refractivity contribution in [1.29, 1.82) is 0 Å². The Labute approximate surface area is 107 Å². The summed E-state index contributed by atoms with van der Waals surface area (Å²) in [6, 6.07) is 0. The fourth-order valence-electron chi connectivity index (χ4n) is 0.701. The van der Waals surface area contributed by atoms with Gasteiger partial charge in [0, 0.05) is 12.0 Å². The van der Waals surface area contributed by atoms with Gasteiger partial charge in [0.25, 0.3) is 0 Å². The molecule has 0 saturated heterocycles. The van der Waals surface area contributed by atoms with E-state index >= 15 is 0 Å². The molecule has 1 N–H and O–H groups in total. The second-order valence-corrected chi connectivity index (χ2v) is 4.86. The van der Waals surface area contributed by atoms with Crippen molar-refractivity contribution in [2.24, 2.45) is 0 Å². The van der Waals surface area contributed by atoms with E-state index in [1.807, 2.05) is 0 Å². The standard InChI is InChI=1S/C9H12F2O7S/c1-6(2)7(12)17-4-3-5-18-8(13)9(10,11)19(14,15)16/h1,3-5H2,2H3,(H,14,15,16). The van der Waals surface area contributed by atoms with Crippen molar-refractivity contribution in [2.75, 3.05) is 13.2 Å². The molecule has 0 amide bonds. The second kappa shape index (κ2) is 6.57. The Morgan fingerprint density at radius 1 is 1.26 bits per heavy atom. The third kappa shape index (κ3) is 5.30. The third-order valence-corrected chi connectivity index (χ3v) is 2.48. The summed E-state index contributed by atoms with van der Waals surface area (Å²) in [5.74, 6) is -3.10. The number of halogens is 2. The molecule has 0 unspecified atom stereocenters. The molecule has 0 atom stereocenters. The molecule has 0 aromatic rings. The number of hydrogen-bond donors (Lipinski definition) is 1. The molecular formula is C9H12F2O7S. The fourth-order valence-corrected chi connectivity index (χ4v) is 0.971. The predicted molar refractivity (Wildman–Crippen MR) is 57.8 cm³/mol. The Bertz CT molecular complexity index is 469. The zero-order valence-corrected chi connectivity index (χ0v) is 10.7. The molecule has 0 aliphatic rings. The third-order valence-electron chi connectivity index (χ3n) is 1.67. The van der Waals surface area contributed by atoms with Gasteiger partial charge >= 0.3 is 27.3 Å². The van der Waals surface area contributed by atoms with Crippen LogP contribution in [0.15, 0.2) is 12.2 Å². The monoisotopic (exact) mass is 302 g/mol. The molecule has 0 fully saturated rings. The van der Waals surface area contributed by atoms with E-state index in [1.165, 1.54) is 6.92 Å². The molecule has 0 bridgehead atoms. The highest BCUT2D eigenvalue weighted by Gasteiger charge is 2.54. The summed E-state index contributed by atoms with van der Waals surface area (Å²) in [6.45, 7) is 3.86. The van der Waals surface area contributed by atoms with Crippen LogP contribution in [0.5, 0.6) is 0 Å². The first-order chi connectivity index (χ1) is 8.50. The minimum atomic E-state index is -5.87. The van der Waals surface area contributed by atoms with Crippen LogP contribution >= 0.6 is 0 Å². The van der Waals surface area contributed by atoms with Crippen molar-refractivity contribution >= 4 is 22.1 Å². The summed E-state index contributed by atoms with van der Waals surface area (Å²) in [5.41, 5.74) is 0.134. The second-order valence-electron chi connectivity index (χ2n) is 3.40. The van der Waals surface area contributed by atoms with Gasteiger partial charge in [-0.1, -0.05) is 6.58 Å². The number of ether oxygens (including phenoxy) is 2. The lowest BCUT2D eigenvalue weighted by atomic mass is 10.4. The molecule has 110 valence electrons. The van der Waals surface area contributed by atoms with Crippen molar-refractivity contribution in [3.63, 3.8) is 0 Å². The number of carbonyl (C=O) groups excluding carboxylic acids is 2. The average molecular weight is 302 g/mol. The van der Waals surface area contributed by atoms with Crippen LogP contribution in [0, 0.1) is 0 Å². The molecule has 0 saturated carbocycles. The normalized spacial score (nSPS) is 11.8. The van der Waals surface area contributed by atoms with Crippen LogP contribution in [-0.4, -0.2) is 43.4 Å². The Kier molecular flexibility index (Phi) is 6.03. The van der Waals surface area contributed by atoms with Gasteiger partial charge < -0.3 is 9.47 Å². The maximum Gasteiger partial charge on any atom is 0.465 e. The van der Waals surface area contributed by atoms with Crippen LogP contribution in [-0.2, 0) is 29.2 Å². The van der Waals surface area contributed by atoms with Gasteiger partial charge in [-0.05, 0) is 6.92 Å². The van der Waals surface area contributed by atoms with E-state index in [4.69, 9.17) is 4.55 Å². The SMILES string of the molecule is C=C(C)C(=O)OCCCOC(=O)C(F)(F)S(=O)(=O)O. The summed E-state index contributed by atoms with van der Waals surface area (Å²) in [5, 5.41) is -5.03. The number of alkyl halides is 2. The smallest absolute Gasteiger partial charge is 0.462 e. The number of rotatable bonds is 7. The average Bonchev–Trinajstić information content (AvgIpc) is 2.26. The van der Waals surface area contributed by atoms with Crippen molar-refractivity contribution in [1.82, 2.24) is 0 Å². The summed E-state index contributed by atoms with van der Waals surface area (Å²) < 4.78 is 62.2. The van der Waals surface area contributed by atoms with Crippen molar-refractivity contribution in [3.05, 3.63) is 12.2 Å². The topological polar surface area (TPSA) is 107 Å². The van der Waals surface area contributed by atoms with Crippen LogP contribution in [0.25, 0.3) is 0 Å². The molecular weight excluding hydrogens is 290 g/mol. The molecule has 0 radical (unpaired) electrons. The van der Waals surface area contributed by atoms with E-state index < -0.39 is 33.9 Å². The van der Waals surface area contributed by atoms with Crippen molar-refractivity contribution in [2.45, 2.75) is 18.6 Å². The minimum Gasteiger partial charge on any atom is -0.462 e. The van der Waals surface area contributed by atoms with Crippen molar-refractivity contribution in [3.8, 4) is 0 Å². The van der Waals surface area contributed by atoms with Gasteiger partial charge in [-0.2, -0.15) is 17.2 Å². The molecule has 0 spiro atoms. The largest absolute Gasteiger partial charge is 0.465 e. The predicted octanol–water partition coefficient (Wildman–Crippen LogP) is 0.520. The molecule has 0 aliphatic carbocycles. The quantitative estimate of drug-likeness (QED) is 0.316. The van der Waals surface area contributed by atoms with Crippen LogP contribution in [0.1, 0.15) is 13.3 Å². The molecule has 7 nitrogen and oxygen atoms in total. The van der Waals surface area contributed by atoms with Crippen molar-refractivity contribution < 1.29 is 40.8 Å². The van der Waals surface area contributed by atoms with Gasteiger partial charge in [0.1, 0.15) is 0 Å². The lowest BCUT2D eigenvalue weighted by molar-refractivity contribution is -0.161. The highest BCUT2D eigenvalue weighted by molar-refractivity contribution is 7.87. The summed E-state index contributed by atoms with van der Waals surface area (Å²) >= 11 is 0. The van der Waals surface area contributed by atoms with Crippen LogP contribution in [0.2, 0.25) is 0 Å².